The number of rotatable bonds is 4. The van der Waals surface area contributed by atoms with Gasteiger partial charge in [0.15, 0.2) is 0 Å². The molecule has 0 atom stereocenters. The molecule has 100 valence electrons. The molecule has 0 unspecified atom stereocenters. The summed E-state index contributed by atoms with van der Waals surface area (Å²) in [6.45, 7) is 2.71. The van der Waals surface area contributed by atoms with E-state index in [4.69, 9.17) is 4.42 Å². The Bertz CT molecular complexity index is 356. The van der Waals surface area contributed by atoms with E-state index in [1.54, 1.807) is 6.26 Å². The van der Waals surface area contributed by atoms with Gasteiger partial charge in [-0.15, -0.1) is 0 Å². The van der Waals surface area contributed by atoms with Crippen molar-refractivity contribution in [2.75, 3.05) is 26.7 Å². The van der Waals surface area contributed by atoms with Crippen LogP contribution < -0.4 is 10.6 Å². The number of carbonyl (C=O) groups is 1. The number of hydrogen-bond acceptors (Lipinski definition) is 3. The zero-order valence-electron chi connectivity index (χ0n) is 10.8. The summed E-state index contributed by atoms with van der Waals surface area (Å²) in [5.74, 6) is 0.898. The van der Waals surface area contributed by atoms with Gasteiger partial charge in [-0.3, -0.25) is 0 Å². The maximum Gasteiger partial charge on any atom is 0.315 e. The first-order valence-electron chi connectivity index (χ1n) is 6.49. The summed E-state index contributed by atoms with van der Waals surface area (Å²) in [7, 11) is 2.11. The SMILES string of the molecule is CN1CCC(NC(=O)NCCc2ccco2)CC1. The zero-order valence-corrected chi connectivity index (χ0v) is 10.8. The summed E-state index contributed by atoms with van der Waals surface area (Å²) >= 11 is 0. The summed E-state index contributed by atoms with van der Waals surface area (Å²) in [5.41, 5.74) is 0. The standard InChI is InChI=1S/C13H21N3O2/c1-16-8-5-11(6-9-16)15-13(17)14-7-4-12-3-2-10-18-12/h2-3,10-11H,4-9H2,1H3,(H2,14,15,17). The Morgan fingerprint density at radius 1 is 1.50 bits per heavy atom. The molecule has 0 spiro atoms. The topological polar surface area (TPSA) is 57.5 Å². The molecule has 1 aliphatic heterocycles. The Morgan fingerprint density at radius 3 is 2.94 bits per heavy atom. The Morgan fingerprint density at radius 2 is 2.28 bits per heavy atom. The molecule has 0 saturated carbocycles. The summed E-state index contributed by atoms with van der Waals surface area (Å²) < 4.78 is 5.20. The second kappa shape index (κ2) is 6.44. The lowest BCUT2D eigenvalue weighted by atomic mass is 10.1. The molecule has 1 saturated heterocycles. The third-order valence-electron chi connectivity index (χ3n) is 3.29. The number of likely N-dealkylation sites (tertiary alicyclic amines) is 1. The van der Waals surface area contributed by atoms with E-state index in [2.05, 4.69) is 22.6 Å². The van der Waals surface area contributed by atoms with E-state index >= 15 is 0 Å². The minimum Gasteiger partial charge on any atom is -0.469 e. The highest BCUT2D eigenvalue weighted by atomic mass is 16.3. The second-order valence-corrected chi connectivity index (χ2v) is 4.81. The van der Waals surface area contributed by atoms with Crippen molar-refractivity contribution in [2.45, 2.75) is 25.3 Å². The Labute approximate surface area is 108 Å². The van der Waals surface area contributed by atoms with Crippen molar-refractivity contribution in [1.82, 2.24) is 15.5 Å². The van der Waals surface area contributed by atoms with Gasteiger partial charge < -0.3 is 20.0 Å². The van der Waals surface area contributed by atoms with Crippen molar-refractivity contribution in [3.63, 3.8) is 0 Å². The van der Waals surface area contributed by atoms with Gasteiger partial charge in [0.2, 0.25) is 0 Å². The van der Waals surface area contributed by atoms with E-state index in [9.17, 15) is 4.79 Å². The van der Waals surface area contributed by atoms with Gasteiger partial charge >= 0.3 is 6.03 Å². The van der Waals surface area contributed by atoms with Crippen LogP contribution in [0.5, 0.6) is 0 Å². The van der Waals surface area contributed by atoms with Crippen molar-refractivity contribution < 1.29 is 9.21 Å². The molecular weight excluding hydrogens is 230 g/mol. The van der Waals surface area contributed by atoms with E-state index in [1.165, 1.54) is 0 Å². The van der Waals surface area contributed by atoms with E-state index in [0.29, 0.717) is 12.6 Å². The van der Waals surface area contributed by atoms with Gasteiger partial charge in [-0.25, -0.2) is 4.79 Å². The number of hydrogen-bond donors (Lipinski definition) is 2. The zero-order chi connectivity index (χ0) is 12.8. The molecule has 2 heterocycles. The number of piperidine rings is 1. The van der Waals surface area contributed by atoms with Gasteiger partial charge in [-0.05, 0) is 45.1 Å². The van der Waals surface area contributed by atoms with Crippen LogP contribution in [0.3, 0.4) is 0 Å². The van der Waals surface area contributed by atoms with E-state index in [0.717, 1.165) is 38.1 Å². The minimum atomic E-state index is -0.0730. The highest BCUT2D eigenvalue weighted by Crippen LogP contribution is 2.07. The van der Waals surface area contributed by atoms with Crippen LogP contribution in [0.15, 0.2) is 22.8 Å². The Kier molecular flexibility index (Phi) is 4.64. The summed E-state index contributed by atoms with van der Waals surface area (Å²) in [6.07, 6.45) is 4.44. The van der Waals surface area contributed by atoms with Crippen LogP contribution in [-0.4, -0.2) is 43.7 Å². The lowest BCUT2D eigenvalue weighted by Gasteiger charge is -2.29. The van der Waals surface area contributed by atoms with E-state index in [-0.39, 0.29) is 6.03 Å². The fourth-order valence-corrected chi connectivity index (χ4v) is 2.14. The number of nitrogens with one attached hydrogen (secondary N) is 2. The maximum atomic E-state index is 11.7. The van der Waals surface area contributed by atoms with Crippen molar-refractivity contribution >= 4 is 6.03 Å². The molecule has 1 fully saturated rings. The van der Waals surface area contributed by atoms with Crippen molar-refractivity contribution in [3.8, 4) is 0 Å². The van der Waals surface area contributed by atoms with Gasteiger partial charge in [-0.1, -0.05) is 0 Å². The van der Waals surface area contributed by atoms with Crippen LogP contribution in [-0.2, 0) is 6.42 Å². The van der Waals surface area contributed by atoms with Gasteiger partial charge in [0, 0.05) is 19.0 Å². The first kappa shape index (κ1) is 13.0. The molecular formula is C13H21N3O2. The number of nitrogens with zero attached hydrogens (tertiary/aromatic N) is 1. The fourth-order valence-electron chi connectivity index (χ4n) is 2.14. The second-order valence-electron chi connectivity index (χ2n) is 4.81. The monoisotopic (exact) mass is 251 g/mol. The third kappa shape index (κ3) is 4.07. The quantitative estimate of drug-likeness (QED) is 0.846. The number of furan rings is 1. The molecule has 18 heavy (non-hydrogen) atoms. The number of carbonyl (C=O) groups excluding carboxylic acids is 1. The summed E-state index contributed by atoms with van der Waals surface area (Å²) in [4.78, 5) is 13.9. The third-order valence-corrected chi connectivity index (χ3v) is 3.29. The van der Waals surface area contributed by atoms with Gasteiger partial charge in [0.1, 0.15) is 5.76 Å². The van der Waals surface area contributed by atoms with Gasteiger partial charge in [-0.2, -0.15) is 0 Å². The van der Waals surface area contributed by atoms with Crippen molar-refractivity contribution in [1.29, 1.82) is 0 Å². The lowest BCUT2D eigenvalue weighted by Crippen LogP contribution is -2.47. The van der Waals surface area contributed by atoms with E-state index in [1.807, 2.05) is 12.1 Å². The van der Waals surface area contributed by atoms with Crippen molar-refractivity contribution in [2.24, 2.45) is 0 Å². The first-order valence-corrected chi connectivity index (χ1v) is 6.49. The molecule has 2 rings (SSSR count). The van der Waals surface area contributed by atoms with Crippen LogP contribution >= 0.6 is 0 Å². The molecule has 5 heteroatoms. The van der Waals surface area contributed by atoms with Crippen LogP contribution in [0.2, 0.25) is 0 Å². The fraction of sp³-hybridized carbons (Fsp3) is 0.615. The Hall–Kier alpha value is -1.49. The molecule has 0 bridgehead atoms. The molecule has 2 amide bonds. The normalized spacial score (nSPS) is 17.6. The molecule has 1 aliphatic rings. The average molecular weight is 251 g/mol. The van der Waals surface area contributed by atoms with Gasteiger partial charge in [0.25, 0.3) is 0 Å². The summed E-state index contributed by atoms with van der Waals surface area (Å²) in [5, 5.41) is 5.87. The van der Waals surface area contributed by atoms with Crippen LogP contribution in [0.4, 0.5) is 4.79 Å². The molecule has 1 aromatic heterocycles. The molecule has 0 aromatic carbocycles. The number of urea groups is 1. The lowest BCUT2D eigenvalue weighted by molar-refractivity contribution is 0.214. The van der Waals surface area contributed by atoms with Crippen LogP contribution in [0, 0.1) is 0 Å². The predicted octanol–water partition coefficient (Wildman–Crippen LogP) is 1.22. The average Bonchev–Trinajstić information content (AvgIpc) is 2.85. The highest BCUT2D eigenvalue weighted by molar-refractivity contribution is 5.74. The molecule has 0 radical (unpaired) electrons. The summed E-state index contributed by atoms with van der Waals surface area (Å²) in [6, 6.07) is 4.01. The van der Waals surface area contributed by atoms with E-state index < -0.39 is 0 Å². The van der Waals surface area contributed by atoms with Gasteiger partial charge in [0.05, 0.1) is 6.26 Å². The van der Waals surface area contributed by atoms with Crippen LogP contribution in [0.1, 0.15) is 18.6 Å². The molecule has 0 aliphatic carbocycles. The maximum absolute atomic E-state index is 11.7. The smallest absolute Gasteiger partial charge is 0.315 e. The van der Waals surface area contributed by atoms with Crippen LogP contribution in [0.25, 0.3) is 0 Å². The molecule has 5 nitrogen and oxygen atoms in total. The van der Waals surface area contributed by atoms with Crippen molar-refractivity contribution in [3.05, 3.63) is 24.2 Å². The molecule has 2 N–H and O–H groups in total. The molecule has 1 aromatic rings. The highest BCUT2D eigenvalue weighted by Gasteiger charge is 2.17. The first-order chi connectivity index (χ1) is 8.74. The minimum absolute atomic E-state index is 0.0730. The number of amides is 2. The Balaban J connectivity index is 1.60. The predicted molar refractivity (Wildman–Crippen MR) is 69.5 cm³/mol. The largest absolute Gasteiger partial charge is 0.469 e.